The first kappa shape index (κ1) is 15.8. The fourth-order valence-corrected chi connectivity index (χ4v) is 2.86. The topological polar surface area (TPSA) is 88.3 Å². The third kappa shape index (κ3) is 3.75. The van der Waals surface area contributed by atoms with E-state index in [4.69, 9.17) is 5.11 Å². The zero-order valence-electron chi connectivity index (χ0n) is 12.3. The molecule has 8 heteroatoms. The molecule has 1 aliphatic rings. The van der Waals surface area contributed by atoms with Gasteiger partial charge in [0.25, 0.3) is 0 Å². The Hall–Kier alpha value is -1.57. The van der Waals surface area contributed by atoms with Crippen LogP contribution in [-0.4, -0.2) is 55.2 Å². The van der Waals surface area contributed by atoms with Gasteiger partial charge in [-0.1, -0.05) is 0 Å². The number of carboxylic acid groups (broad SMARTS) is 1. The van der Waals surface area contributed by atoms with Crippen LogP contribution in [0.3, 0.4) is 0 Å². The normalized spacial score (nSPS) is 16.5. The van der Waals surface area contributed by atoms with Crippen molar-refractivity contribution in [2.45, 2.75) is 38.8 Å². The summed E-state index contributed by atoms with van der Waals surface area (Å²) in [5.41, 5.74) is 0. The third-order valence-corrected chi connectivity index (χ3v) is 4.12. The van der Waals surface area contributed by atoms with Crippen molar-refractivity contribution in [3.05, 3.63) is 11.6 Å². The maximum Gasteiger partial charge on any atom is 0.325 e. The fraction of sp³-hybridized carbons (Fsp3) is 0.692. The van der Waals surface area contributed by atoms with Crippen molar-refractivity contribution in [3.8, 4) is 0 Å². The SMILES string of the molecule is CSCCc1nc(C(C)N2CCCC2=O)n(CC(=O)O)n1. The van der Waals surface area contributed by atoms with Crippen molar-refractivity contribution in [2.75, 3.05) is 18.6 Å². The van der Waals surface area contributed by atoms with Crippen LogP contribution in [0.15, 0.2) is 0 Å². The molecule has 0 bridgehead atoms. The number of aromatic nitrogens is 3. The van der Waals surface area contributed by atoms with Gasteiger partial charge in [-0.15, -0.1) is 0 Å². The number of hydrogen-bond acceptors (Lipinski definition) is 5. The van der Waals surface area contributed by atoms with Crippen molar-refractivity contribution in [3.63, 3.8) is 0 Å². The number of nitrogens with zero attached hydrogens (tertiary/aromatic N) is 4. The van der Waals surface area contributed by atoms with Crippen LogP contribution in [0.4, 0.5) is 0 Å². The lowest BCUT2D eigenvalue weighted by Crippen LogP contribution is -2.30. The molecule has 1 fully saturated rings. The molecule has 2 rings (SSSR count). The number of carbonyl (C=O) groups excluding carboxylic acids is 1. The molecule has 1 unspecified atom stereocenters. The predicted molar refractivity (Wildman–Crippen MR) is 79.1 cm³/mol. The number of likely N-dealkylation sites (tertiary alicyclic amines) is 1. The maximum atomic E-state index is 11.9. The summed E-state index contributed by atoms with van der Waals surface area (Å²) in [7, 11) is 0. The predicted octanol–water partition coefficient (Wildman–Crippen LogP) is 0.952. The molecular weight excluding hydrogens is 292 g/mol. The van der Waals surface area contributed by atoms with E-state index >= 15 is 0 Å². The molecular formula is C13H20N4O3S. The molecule has 0 radical (unpaired) electrons. The van der Waals surface area contributed by atoms with Crippen molar-refractivity contribution < 1.29 is 14.7 Å². The van der Waals surface area contributed by atoms with Gasteiger partial charge in [0.2, 0.25) is 5.91 Å². The quantitative estimate of drug-likeness (QED) is 0.806. The average molecular weight is 312 g/mol. The van der Waals surface area contributed by atoms with Crippen LogP contribution in [-0.2, 0) is 22.6 Å². The molecule has 0 aliphatic carbocycles. The monoisotopic (exact) mass is 312 g/mol. The van der Waals surface area contributed by atoms with E-state index < -0.39 is 5.97 Å². The summed E-state index contributed by atoms with van der Waals surface area (Å²) < 4.78 is 1.41. The summed E-state index contributed by atoms with van der Waals surface area (Å²) in [6, 6.07) is -0.241. The molecule has 7 nitrogen and oxygen atoms in total. The first-order valence-corrected chi connectivity index (χ1v) is 8.36. The number of aliphatic carboxylic acids is 1. The largest absolute Gasteiger partial charge is 0.480 e. The number of aryl methyl sites for hydroxylation is 1. The van der Waals surface area contributed by atoms with Crippen LogP contribution in [0.5, 0.6) is 0 Å². The smallest absolute Gasteiger partial charge is 0.325 e. The molecule has 0 spiro atoms. The third-order valence-electron chi connectivity index (χ3n) is 3.51. The van der Waals surface area contributed by atoms with E-state index in [2.05, 4.69) is 10.1 Å². The summed E-state index contributed by atoms with van der Waals surface area (Å²) in [4.78, 5) is 29.0. The maximum absolute atomic E-state index is 11.9. The van der Waals surface area contributed by atoms with Gasteiger partial charge in [-0.2, -0.15) is 16.9 Å². The minimum Gasteiger partial charge on any atom is -0.480 e. The lowest BCUT2D eigenvalue weighted by molar-refractivity contribution is -0.138. The molecule has 1 amide bonds. The molecule has 1 saturated heterocycles. The van der Waals surface area contributed by atoms with E-state index in [1.165, 1.54) is 4.68 Å². The van der Waals surface area contributed by atoms with Gasteiger partial charge in [0, 0.05) is 25.1 Å². The second kappa shape index (κ2) is 6.93. The highest BCUT2D eigenvalue weighted by Gasteiger charge is 2.29. The number of hydrogen-bond donors (Lipinski definition) is 1. The fourth-order valence-electron chi connectivity index (χ4n) is 2.47. The number of thioether (sulfide) groups is 1. The Balaban J connectivity index is 2.23. The molecule has 1 atom stereocenters. The summed E-state index contributed by atoms with van der Waals surface area (Å²) >= 11 is 1.69. The Bertz CT molecular complexity index is 531. The number of carboxylic acids is 1. The molecule has 1 aliphatic heterocycles. The highest BCUT2D eigenvalue weighted by atomic mass is 32.2. The van der Waals surface area contributed by atoms with Gasteiger partial charge in [-0.25, -0.2) is 9.67 Å². The van der Waals surface area contributed by atoms with E-state index in [-0.39, 0.29) is 18.5 Å². The van der Waals surface area contributed by atoms with Gasteiger partial charge in [-0.3, -0.25) is 9.59 Å². The Labute approximate surface area is 127 Å². The Morgan fingerprint density at radius 1 is 1.52 bits per heavy atom. The van der Waals surface area contributed by atoms with E-state index in [1.807, 2.05) is 13.2 Å². The van der Waals surface area contributed by atoms with E-state index in [0.717, 1.165) is 12.2 Å². The number of amides is 1. The van der Waals surface area contributed by atoms with Gasteiger partial charge in [-0.05, 0) is 19.6 Å². The first-order valence-electron chi connectivity index (χ1n) is 6.96. The van der Waals surface area contributed by atoms with Crippen molar-refractivity contribution >= 4 is 23.6 Å². The summed E-state index contributed by atoms with van der Waals surface area (Å²) in [5.74, 6) is 1.21. The summed E-state index contributed by atoms with van der Waals surface area (Å²) in [6.45, 7) is 2.35. The van der Waals surface area contributed by atoms with E-state index in [0.29, 0.717) is 31.0 Å². The Morgan fingerprint density at radius 3 is 2.86 bits per heavy atom. The van der Waals surface area contributed by atoms with Crippen molar-refractivity contribution in [1.82, 2.24) is 19.7 Å². The van der Waals surface area contributed by atoms with Crippen molar-refractivity contribution in [1.29, 1.82) is 0 Å². The number of carbonyl (C=O) groups is 2. The molecule has 1 aromatic heterocycles. The van der Waals surface area contributed by atoms with Gasteiger partial charge in [0.15, 0.2) is 5.82 Å². The van der Waals surface area contributed by atoms with E-state index in [9.17, 15) is 9.59 Å². The molecule has 116 valence electrons. The standard InChI is InChI=1S/C13H20N4O3S/c1-9(16-6-3-4-11(16)18)13-14-10(5-7-21-2)15-17(13)8-12(19)20/h9H,3-8H2,1-2H3,(H,19,20). The zero-order valence-corrected chi connectivity index (χ0v) is 13.1. The van der Waals surface area contributed by atoms with Gasteiger partial charge in [0.1, 0.15) is 12.4 Å². The number of rotatable bonds is 7. The molecule has 0 aromatic carbocycles. The molecule has 1 N–H and O–H groups in total. The van der Waals surface area contributed by atoms with Gasteiger partial charge >= 0.3 is 5.97 Å². The molecule has 0 saturated carbocycles. The van der Waals surface area contributed by atoms with Crippen LogP contribution in [0.25, 0.3) is 0 Å². The second-order valence-corrected chi connectivity index (χ2v) is 6.03. The van der Waals surface area contributed by atoms with Crippen molar-refractivity contribution in [2.24, 2.45) is 0 Å². The van der Waals surface area contributed by atoms with Crippen LogP contribution in [0.2, 0.25) is 0 Å². The molecule has 2 heterocycles. The van der Waals surface area contributed by atoms with Gasteiger partial charge in [0.05, 0.1) is 6.04 Å². The Kier molecular flexibility index (Phi) is 5.22. The molecule has 1 aromatic rings. The minimum absolute atomic E-state index is 0.0954. The lowest BCUT2D eigenvalue weighted by atomic mass is 10.2. The van der Waals surface area contributed by atoms with Crippen LogP contribution >= 0.6 is 11.8 Å². The van der Waals surface area contributed by atoms with Crippen LogP contribution in [0.1, 0.15) is 37.5 Å². The first-order chi connectivity index (χ1) is 10.0. The zero-order chi connectivity index (χ0) is 15.4. The Morgan fingerprint density at radius 2 is 2.29 bits per heavy atom. The second-order valence-electron chi connectivity index (χ2n) is 5.05. The summed E-state index contributed by atoms with van der Waals surface area (Å²) in [5, 5.41) is 13.3. The minimum atomic E-state index is -0.961. The van der Waals surface area contributed by atoms with Crippen LogP contribution in [0, 0.1) is 0 Å². The van der Waals surface area contributed by atoms with E-state index in [1.54, 1.807) is 16.7 Å². The average Bonchev–Trinajstić information content (AvgIpc) is 3.01. The lowest BCUT2D eigenvalue weighted by Gasteiger charge is -2.23. The van der Waals surface area contributed by atoms with Crippen LogP contribution < -0.4 is 0 Å². The molecule has 21 heavy (non-hydrogen) atoms. The highest BCUT2D eigenvalue weighted by Crippen LogP contribution is 2.24. The van der Waals surface area contributed by atoms with Gasteiger partial charge < -0.3 is 10.0 Å². The summed E-state index contributed by atoms with van der Waals surface area (Å²) in [6.07, 6.45) is 4.09. The highest BCUT2D eigenvalue weighted by molar-refractivity contribution is 7.98.